The molecule has 0 aliphatic carbocycles. The van der Waals surface area contributed by atoms with Crippen molar-refractivity contribution in [3.05, 3.63) is 53.1 Å². The molecule has 0 radical (unpaired) electrons. The summed E-state index contributed by atoms with van der Waals surface area (Å²) in [6, 6.07) is 8.39. The van der Waals surface area contributed by atoms with Crippen molar-refractivity contribution in [3.63, 3.8) is 0 Å². The van der Waals surface area contributed by atoms with Gasteiger partial charge in [0.1, 0.15) is 9.84 Å². The summed E-state index contributed by atoms with van der Waals surface area (Å²) in [5.74, 6) is -0.788. The summed E-state index contributed by atoms with van der Waals surface area (Å²) >= 11 is 0. The molecule has 0 saturated heterocycles. The van der Waals surface area contributed by atoms with Crippen molar-refractivity contribution in [2.75, 3.05) is 31.5 Å². The average Bonchev–Trinajstić information content (AvgIpc) is 2.91. The zero-order valence-electron chi connectivity index (χ0n) is 16.8. The van der Waals surface area contributed by atoms with Gasteiger partial charge in [-0.2, -0.15) is 13.5 Å². The Kier molecular flexibility index (Phi) is 7.04. The first-order valence-electron chi connectivity index (χ1n) is 8.92. The molecule has 0 aromatic heterocycles. The highest BCUT2D eigenvalue weighted by atomic mass is 32.2. The summed E-state index contributed by atoms with van der Waals surface area (Å²) in [5.41, 5.74) is 6.76. The number of ether oxygens (including phenoxy) is 2. The lowest BCUT2D eigenvalue weighted by atomic mass is 10.1. The lowest BCUT2D eigenvalue weighted by molar-refractivity contribution is 0.0598. The summed E-state index contributed by atoms with van der Waals surface area (Å²) in [6.45, 7) is 2.16. The number of carbonyl (C=O) groups excluding carboxylic acids is 2. The monoisotopic (exact) mass is 452 g/mol. The number of nitrogen functional groups attached to an aromatic ring is 1. The molecule has 0 saturated carbocycles. The second-order valence-corrected chi connectivity index (χ2v) is 8.89. The number of rotatable bonds is 7. The van der Waals surface area contributed by atoms with Crippen molar-refractivity contribution in [1.82, 2.24) is 4.90 Å². The lowest BCUT2D eigenvalue weighted by Crippen LogP contribution is -2.37. The van der Waals surface area contributed by atoms with Crippen LogP contribution < -0.4 is 15.2 Å². The van der Waals surface area contributed by atoms with Crippen LogP contribution in [0.15, 0.2) is 36.4 Å². The van der Waals surface area contributed by atoms with Gasteiger partial charge in [0.25, 0.3) is 11.8 Å². The van der Waals surface area contributed by atoms with Crippen molar-refractivity contribution in [2.24, 2.45) is 0 Å². The van der Waals surface area contributed by atoms with Gasteiger partial charge in [0, 0.05) is 11.9 Å². The van der Waals surface area contributed by atoms with Gasteiger partial charge in [0.2, 0.25) is 0 Å². The number of nitrogens with zero attached hydrogens (tertiary/aromatic N) is 1. The van der Waals surface area contributed by atoms with Crippen LogP contribution in [0.4, 0.5) is 5.69 Å². The smallest absolute Gasteiger partial charge is 0.264 e. The molecule has 0 bridgehead atoms. The van der Waals surface area contributed by atoms with E-state index in [0.29, 0.717) is 23.7 Å². The van der Waals surface area contributed by atoms with E-state index in [0.717, 1.165) is 11.2 Å². The van der Waals surface area contributed by atoms with Crippen LogP contribution in [0.2, 0.25) is 0 Å². The quantitative estimate of drug-likeness (QED) is 0.505. The van der Waals surface area contributed by atoms with Crippen molar-refractivity contribution in [2.45, 2.75) is 13.0 Å². The summed E-state index contributed by atoms with van der Waals surface area (Å²) in [7, 11) is -2.06. The maximum atomic E-state index is 13.0. The van der Waals surface area contributed by atoms with E-state index in [1.807, 2.05) is 0 Å². The molecule has 10 heteroatoms. The highest BCUT2D eigenvalue weighted by molar-refractivity contribution is 7.90. The first kappa shape index (κ1) is 23.6. The van der Waals surface area contributed by atoms with Gasteiger partial charge in [0.15, 0.2) is 11.5 Å². The Labute approximate surface area is 182 Å². The van der Waals surface area contributed by atoms with Gasteiger partial charge < -0.3 is 15.2 Å². The van der Waals surface area contributed by atoms with Gasteiger partial charge >= 0.3 is 0 Å². The van der Waals surface area contributed by atoms with Gasteiger partial charge in [-0.25, -0.2) is 8.42 Å². The number of fused-ring (bicyclic) bond motifs is 1. The molecule has 1 heterocycles. The van der Waals surface area contributed by atoms with Crippen LogP contribution in [-0.4, -0.2) is 50.9 Å². The van der Waals surface area contributed by atoms with Crippen LogP contribution in [0, 0.1) is 0 Å². The Morgan fingerprint density at radius 1 is 1.10 bits per heavy atom. The van der Waals surface area contributed by atoms with Crippen LogP contribution in [-0.2, 0) is 9.84 Å². The van der Waals surface area contributed by atoms with E-state index in [2.05, 4.69) is 0 Å². The minimum atomic E-state index is -3.54. The molecular formula is C20H24N2O6S2. The number of anilines is 1. The molecule has 1 atom stereocenters. The molecule has 2 amide bonds. The van der Waals surface area contributed by atoms with E-state index in [4.69, 9.17) is 15.2 Å². The fourth-order valence-electron chi connectivity index (χ4n) is 3.39. The summed E-state index contributed by atoms with van der Waals surface area (Å²) in [6.07, 6.45) is 1.06. The molecule has 0 unspecified atom stereocenters. The summed E-state index contributed by atoms with van der Waals surface area (Å²) in [5, 5.41) is 0. The van der Waals surface area contributed by atoms with Crippen LogP contribution in [0.3, 0.4) is 0 Å². The predicted molar refractivity (Wildman–Crippen MR) is 118 cm³/mol. The third-order valence-corrected chi connectivity index (χ3v) is 5.54. The maximum absolute atomic E-state index is 13.0. The van der Waals surface area contributed by atoms with Crippen LogP contribution >= 0.6 is 13.5 Å². The van der Waals surface area contributed by atoms with Gasteiger partial charge in [-0.05, 0) is 36.8 Å². The standard InChI is InChI=1S/C20H22N2O6S.H2S/c1-4-28-17-10-12(8-9-16(17)27-2)15(11-29(3,25)26)22-19(23)13-6-5-7-14(21)18(13)20(22)24;/h5-10,15H,4,11,21H2,1-3H3;1H2/t15-;/m1./s1. The normalized spacial score (nSPS) is 14.2. The molecule has 30 heavy (non-hydrogen) atoms. The maximum Gasteiger partial charge on any atom is 0.264 e. The van der Waals surface area contributed by atoms with Gasteiger partial charge in [0.05, 0.1) is 36.6 Å². The number of nitrogens with two attached hydrogens (primary N) is 1. The van der Waals surface area contributed by atoms with E-state index in [-0.39, 0.29) is 30.3 Å². The Bertz CT molecular complexity index is 1080. The topological polar surface area (TPSA) is 116 Å². The third-order valence-electron chi connectivity index (χ3n) is 4.62. The van der Waals surface area contributed by atoms with Crippen LogP contribution in [0.5, 0.6) is 11.5 Å². The third kappa shape index (κ3) is 4.39. The highest BCUT2D eigenvalue weighted by Crippen LogP contribution is 2.37. The van der Waals surface area contributed by atoms with E-state index >= 15 is 0 Å². The number of hydrogen-bond acceptors (Lipinski definition) is 7. The molecular weight excluding hydrogens is 428 g/mol. The van der Waals surface area contributed by atoms with Crippen molar-refractivity contribution in [3.8, 4) is 11.5 Å². The molecule has 1 aliphatic rings. The molecule has 2 N–H and O–H groups in total. The number of benzene rings is 2. The average molecular weight is 453 g/mol. The minimum Gasteiger partial charge on any atom is -0.493 e. The second kappa shape index (κ2) is 8.97. The lowest BCUT2D eigenvalue weighted by Gasteiger charge is -2.26. The zero-order valence-corrected chi connectivity index (χ0v) is 18.7. The van der Waals surface area contributed by atoms with Gasteiger partial charge in [-0.3, -0.25) is 14.5 Å². The number of carbonyl (C=O) groups is 2. The first-order chi connectivity index (χ1) is 13.7. The Morgan fingerprint density at radius 2 is 1.80 bits per heavy atom. The van der Waals surface area contributed by atoms with E-state index in [1.54, 1.807) is 31.2 Å². The molecule has 162 valence electrons. The van der Waals surface area contributed by atoms with Gasteiger partial charge in [-0.1, -0.05) is 12.1 Å². The van der Waals surface area contributed by atoms with Crippen molar-refractivity contribution < 1.29 is 27.5 Å². The SMILES string of the molecule is CCOc1cc([C@@H](CS(C)(=O)=O)N2C(=O)c3cccc(N)c3C2=O)ccc1OC.S. The summed E-state index contributed by atoms with van der Waals surface area (Å²) < 4.78 is 35.1. The fraction of sp³-hybridized carbons (Fsp3) is 0.300. The largest absolute Gasteiger partial charge is 0.493 e. The molecule has 2 aromatic rings. The fourth-order valence-corrected chi connectivity index (χ4v) is 4.30. The van der Waals surface area contributed by atoms with Crippen LogP contribution in [0.25, 0.3) is 0 Å². The Balaban J connectivity index is 0.00000320. The molecule has 2 aromatic carbocycles. The number of amides is 2. The van der Waals surface area contributed by atoms with Crippen molar-refractivity contribution in [1.29, 1.82) is 0 Å². The van der Waals surface area contributed by atoms with Crippen molar-refractivity contribution >= 4 is 40.8 Å². The number of imide groups is 1. The van der Waals surface area contributed by atoms with Gasteiger partial charge in [-0.15, -0.1) is 0 Å². The highest BCUT2D eigenvalue weighted by Gasteiger charge is 2.43. The number of hydrogen-bond donors (Lipinski definition) is 1. The molecule has 0 spiro atoms. The second-order valence-electron chi connectivity index (χ2n) is 6.70. The first-order valence-corrected chi connectivity index (χ1v) is 11.0. The summed E-state index contributed by atoms with van der Waals surface area (Å²) in [4.78, 5) is 27.0. The zero-order chi connectivity index (χ0) is 21.3. The molecule has 1 aliphatic heterocycles. The van der Waals surface area contributed by atoms with E-state index in [1.165, 1.54) is 19.2 Å². The Hall–Kier alpha value is -2.72. The minimum absolute atomic E-state index is 0. The Morgan fingerprint density at radius 3 is 2.37 bits per heavy atom. The molecule has 3 rings (SSSR count). The number of sulfone groups is 1. The molecule has 0 fully saturated rings. The van der Waals surface area contributed by atoms with E-state index in [9.17, 15) is 18.0 Å². The predicted octanol–water partition coefficient (Wildman–Crippen LogP) is 2.17. The molecule has 8 nitrogen and oxygen atoms in total. The number of methoxy groups -OCH3 is 1. The van der Waals surface area contributed by atoms with E-state index < -0.39 is 33.4 Å². The van der Waals surface area contributed by atoms with Crippen LogP contribution in [0.1, 0.15) is 39.2 Å².